The zero-order chi connectivity index (χ0) is 18.4. The first-order valence-electron chi connectivity index (χ1n) is 9.12. The first-order valence-corrected chi connectivity index (χ1v) is 9.12. The van der Waals surface area contributed by atoms with E-state index in [2.05, 4.69) is 38.6 Å². The van der Waals surface area contributed by atoms with Gasteiger partial charge in [0, 0.05) is 30.1 Å². The molecule has 3 aromatic rings. The molecule has 1 aromatic carbocycles. The number of hydrogen-bond donors (Lipinski definition) is 1. The van der Waals surface area contributed by atoms with E-state index < -0.39 is 0 Å². The number of anilines is 1. The zero-order valence-electron chi connectivity index (χ0n) is 15.5. The maximum Gasteiger partial charge on any atom is 0.257 e. The molecule has 7 nitrogen and oxygen atoms in total. The van der Waals surface area contributed by atoms with E-state index in [-0.39, 0.29) is 0 Å². The van der Waals surface area contributed by atoms with Crippen molar-refractivity contribution in [2.45, 2.75) is 58.9 Å². The van der Waals surface area contributed by atoms with Crippen LogP contribution >= 0.6 is 0 Å². The van der Waals surface area contributed by atoms with Crippen molar-refractivity contribution in [1.29, 1.82) is 0 Å². The van der Waals surface area contributed by atoms with Gasteiger partial charge >= 0.3 is 0 Å². The first kappa shape index (κ1) is 18.1. The molecule has 0 fully saturated rings. The van der Waals surface area contributed by atoms with Crippen LogP contribution < -0.4 is 5.32 Å². The van der Waals surface area contributed by atoms with E-state index in [1.165, 1.54) is 0 Å². The summed E-state index contributed by atoms with van der Waals surface area (Å²) in [6.45, 7) is 6.03. The van der Waals surface area contributed by atoms with Crippen molar-refractivity contribution in [3.05, 3.63) is 41.8 Å². The second-order valence-electron chi connectivity index (χ2n) is 6.48. The minimum Gasteiger partial charge on any atom is -0.383 e. The number of aromatic nitrogens is 4. The molecule has 0 saturated heterocycles. The van der Waals surface area contributed by atoms with Gasteiger partial charge < -0.3 is 14.4 Å². The minimum absolute atomic E-state index is 0.364. The molecule has 0 aliphatic rings. The Bertz CT molecular complexity index is 827. The fourth-order valence-electron chi connectivity index (χ4n) is 2.78. The van der Waals surface area contributed by atoms with Gasteiger partial charge in [0.2, 0.25) is 5.89 Å². The molecule has 0 spiro atoms. The minimum atomic E-state index is 0.364. The predicted molar refractivity (Wildman–Crippen MR) is 98.8 cm³/mol. The molecular weight excluding hydrogens is 330 g/mol. The van der Waals surface area contributed by atoms with Crippen molar-refractivity contribution in [2.75, 3.05) is 5.32 Å². The molecule has 0 saturated carbocycles. The van der Waals surface area contributed by atoms with E-state index in [0.29, 0.717) is 17.8 Å². The van der Waals surface area contributed by atoms with Crippen molar-refractivity contribution in [2.24, 2.45) is 0 Å². The Morgan fingerprint density at radius 3 is 2.73 bits per heavy atom. The van der Waals surface area contributed by atoms with E-state index >= 15 is 0 Å². The van der Waals surface area contributed by atoms with Gasteiger partial charge in [-0.2, -0.15) is 9.97 Å². The molecule has 0 radical (unpaired) electrons. The Labute approximate surface area is 153 Å². The van der Waals surface area contributed by atoms with Crippen LogP contribution in [0.4, 0.5) is 5.69 Å². The van der Waals surface area contributed by atoms with Gasteiger partial charge in [-0.05, 0) is 44.9 Å². The van der Waals surface area contributed by atoms with Gasteiger partial charge in [0.05, 0.1) is 0 Å². The third-order valence-electron chi connectivity index (χ3n) is 4.15. The second kappa shape index (κ2) is 8.60. The molecule has 138 valence electrons. The lowest BCUT2D eigenvalue weighted by Crippen LogP contribution is -2.14. The molecule has 1 unspecified atom stereocenters. The summed E-state index contributed by atoms with van der Waals surface area (Å²) in [6, 6.07) is 8.44. The van der Waals surface area contributed by atoms with Crippen LogP contribution in [-0.4, -0.2) is 26.3 Å². The lowest BCUT2D eigenvalue weighted by atomic mass is 10.1. The smallest absolute Gasteiger partial charge is 0.257 e. The number of unbranched alkanes of at least 4 members (excludes halogenated alkanes) is 1. The third-order valence-corrected chi connectivity index (χ3v) is 4.15. The zero-order valence-corrected chi connectivity index (χ0v) is 15.5. The summed E-state index contributed by atoms with van der Waals surface area (Å²) in [4.78, 5) is 8.61. The third kappa shape index (κ3) is 4.91. The van der Waals surface area contributed by atoms with Crippen LogP contribution in [0.25, 0.3) is 11.5 Å². The molecule has 26 heavy (non-hydrogen) atoms. The van der Waals surface area contributed by atoms with Gasteiger partial charge in [-0.25, -0.2) is 0 Å². The Balaban J connectivity index is 1.47. The normalized spacial score (nSPS) is 12.3. The van der Waals surface area contributed by atoms with Crippen LogP contribution in [0.5, 0.6) is 0 Å². The highest BCUT2D eigenvalue weighted by Gasteiger charge is 2.09. The lowest BCUT2D eigenvalue weighted by molar-refractivity contribution is 0.370. The van der Waals surface area contributed by atoms with E-state index in [1.54, 1.807) is 0 Å². The summed E-state index contributed by atoms with van der Waals surface area (Å²) in [5, 5.41) is 11.3. The Hall–Kier alpha value is -2.70. The van der Waals surface area contributed by atoms with Gasteiger partial charge in [0.25, 0.3) is 5.89 Å². The first-order chi connectivity index (χ1) is 12.6. The molecule has 0 aliphatic heterocycles. The van der Waals surface area contributed by atoms with Crippen molar-refractivity contribution in [3.8, 4) is 11.5 Å². The second-order valence-corrected chi connectivity index (χ2v) is 6.48. The number of aryl methyl sites for hydroxylation is 3. The highest BCUT2D eigenvalue weighted by atomic mass is 16.5. The van der Waals surface area contributed by atoms with Gasteiger partial charge in [-0.15, -0.1) is 0 Å². The number of benzene rings is 1. The molecule has 0 aliphatic carbocycles. The summed E-state index contributed by atoms with van der Waals surface area (Å²) in [5.41, 5.74) is 1.99. The van der Waals surface area contributed by atoms with E-state index in [4.69, 9.17) is 9.05 Å². The van der Waals surface area contributed by atoms with Gasteiger partial charge in [-0.3, -0.25) is 0 Å². The van der Waals surface area contributed by atoms with Gasteiger partial charge in [-0.1, -0.05) is 29.7 Å². The molecular formula is C19H25N5O2. The molecule has 7 heteroatoms. The predicted octanol–water partition coefficient (Wildman–Crippen LogP) is 4.20. The van der Waals surface area contributed by atoms with E-state index in [9.17, 15) is 0 Å². The monoisotopic (exact) mass is 355 g/mol. The van der Waals surface area contributed by atoms with Crippen molar-refractivity contribution in [3.63, 3.8) is 0 Å². The summed E-state index contributed by atoms with van der Waals surface area (Å²) in [5.74, 6) is 2.71. The molecule has 1 atom stereocenters. The van der Waals surface area contributed by atoms with Gasteiger partial charge in [0.15, 0.2) is 11.6 Å². The SMILES string of the molecule is CCc1noc(-c2cccc(NC(C)CCCCc3nc(C)no3)c2)n1. The number of hydrogen-bond acceptors (Lipinski definition) is 7. The molecule has 0 bridgehead atoms. The largest absolute Gasteiger partial charge is 0.383 e. The maximum absolute atomic E-state index is 5.32. The van der Waals surface area contributed by atoms with Crippen molar-refractivity contribution in [1.82, 2.24) is 20.3 Å². The van der Waals surface area contributed by atoms with Crippen molar-refractivity contribution >= 4 is 5.69 Å². The Morgan fingerprint density at radius 2 is 2.00 bits per heavy atom. The highest BCUT2D eigenvalue weighted by Crippen LogP contribution is 2.22. The topological polar surface area (TPSA) is 89.9 Å². The summed E-state index contributed by atoms with van der Waals surface area (Å²) in [6.07, 6.45) is 4.80. The molecule has 0 amide bonds. The fourth-order valence-corrected chi connectivity index (χ4v) is 2.78. The molecule has 1 N–H and O–H groups in total. The number of rotatable bonds is 9. The summed E-state index contributed by atoms with van der Waals surface area (Å²) >= 11 is 0. The molecule has 3 rings (SSSR count). The average molecular weight is 355 g/mol. The average Bonchev–Trinajstić information content (AvgIpc) is 3.28. The van der Waals surface area contributed by atoms with Crippen molar-refractivity contribution < 1.29 is 9.05 Å². The van der Waals surface area contributed by atoms with Crippen LogP contribution in [0, 0.1) is 6.92 Å². The van der Waals surface area contributed by atoms with E-state index in [1.807, 2.05) is 32.0 Å². The lowest BCUT2D eigenvalue weighted by Gasteiger charge is -2.15. The fraction of sp³-hybridized carbons (Fsp3) is 0.474. The Morgan fingerprint density at radius 1 is 1.12 bits per heavy atom. The number of nitrogens with zero attached hydrogens (tertiary/aromatic N) is 4. The van der Waals surface area contributed by atoms with Gasteiger partial charge in [0.1, 0.15) is 0 Å². The van der Waals surface area contributed by atoms with Crippen LogP contribution in [0.3, 0.4) is 0 Å². The summed E-state index contributed by atoms with van der Waals surface area (Å²) < 4.78 is 10.5. The number of nitrogens with one attached hydrogen (secondary N) is 1. The van der Waals surface area contributed by atoms with Crippen LogP contribution in [0.15, 0.2) is 33.3 Å². The van der Waals surface area contributed by atoms with Crippen LogP contribution in [0.1, 0.15) is 50.6 Å². The maximum atomic E-state index is 5.32. The quantitative estimate of drug-likeness (QED) is 0.575. The molecule has 2 aromatic heterocycles. The van der Waals surface area contributed by atoms with E-state index in [0.717, 1.165) is 55.1 Å². The standard InChI is InChI=1S/C19H25N5O2/c1-4-17-22-19(26-24-17)15-9-7-10-16(12-15)20-13(2)8-5-6-11-18-21-14(3)23-25-18/h7,9-10,12-13,20H,4-6,8,11H2,1-3H3. The highest BCUT2D eigenvalue weighted by molar-refractivity contribution is 5.61. The molecule has 2 heterocycles. The Kier molecular flexibility index (Phi) is 5.99. The van der Waals surface area contributed by atoms with Crippen LogP contribution in [0.2, 0.25) is 0 Å². The van der Waals surface area contributed by atoms with Crippen LogP contribution in [-0.2, 0) is 12.8 Å². The summed E-state index contributed by atoms with van der Waals surface area (Å²) in [7, 11) is 0.